The van der Waals surface area contributed by atoms with Crippen molar-refractivity contribution in [3.05, 3.63) is 131 Å². The number of hydrogen-bond acceptors (Lipinski definition) is 2. The predicted octanol–water partition coefficient (Wildman–Crippen LogP) is 8.13. The first-order chi connectivity index (χ1) is 15.9. The van der Waals surface area contributed by atoms with E-state index >= 15 is 0 Å². The largest absolute Gasteiger partial charge is 0.508 e. The van der Waals surface area contributed by atoms with Gasteiger partial charge in [0.15, 0.2) is 0 Å². The quantitative estimate of drug-likeness (QED) is 0.279. The minimum atomic E-state index is -0.396. The van der Waals surface area contributed by atoms with Gasteiger partial charge in [-0.05, 0) is 60.4 Å². The Bertz CT molecular complexity index is 1030. The van der Waals surface area contributed by atoms with Crippen LogP contribution in [0.4, 0.5) is 8.78 Å². The van der Waals surface area contributed by atoms with Gasteiger partial charge in [-0.2, -0.15) is 0 Å². The molecule has 0 bridgehead atoms. The number of phenols is 1. The zero-order chi connectivity index (χ0) is 24.1. The molecular weight excluding hydrogens is 486 g/mol. The lowest BCUT2D eigenvalue weighted by atomic mass is 10.2. The first kappa shape index (κ1) is 26.1. The molecule has 4 aromatic rings. The van der Waals surface area contributed by atoms with Crippen LogP contribution in [0.15, 0.2) is 97.1 Å². The van der Waals surface area contributed by atoms with Crippen molar-refractivity contribution in [3.8, 4) is 11.5 Å². The Morgan fingerprint density at radius 1 is 0.697 bits per heavy atom. The van der Waals surface area contributed by atoms with Gasteiger partial charge in [-0.1, -0.05) is 76.6 Å². The average molecular weight is 513 g/mol. The summed E-state index contributed by atoms with van der Waals surface area (Å²) in [5, 5.41) is 9.71. The smallest absolute Gasteiger partial charge is 0.127 e. The lowest BCUT2D eigenvalue weighted by Crippen LogP contribution is -1.95. The Morgan fingerprint density at radius 2 is 1.21 bits per heavy atom. The zero-order valence-electron chi connectivity index (χ0n) is 18.6. The molecule has 0 saturated carbocycles. The molecule has 0 heterocycles. The number of alkyl halides is 1. The van der Waals surface area contributed by atoms with Crippen molar-refractivity contribution < 1.29 is 18.6 Å². The van der Waals surface area contributed by atoms with E-state index in [1.807, 2.05) is 61.5 Å². The van der Waals surface area contributed by atoms with Crippen molar-refractivity contribution in [2.45, 2.75) is 25.8 Å². The van der Waals surface area contributed by atoms with E-state index in [-0.39, 0.29) is 11.6 Å². The number of halogens is 3. The van der Waals surface area contributed by atoms with E-state index in [0.29, 0.717) is 12.4 Å². The van der Waals surface area contributed by atoms with E-state index in [4.69, 9.17) is 9.84 Å². The van der Waals surface area contributed by atoms with Crippen LogP contribution in [-0.4, -0.2) is 5.11 Å². The molecule has 0 aliphatic rings. The van der Waals surface area contributed by atoms with Crippen LogP contribution < -0.4 is 4.74 Å². The molecule has 4 aromatic carbocycles. The summed E-state index contributed by atoms with van der Waals surface area (Å²) >= 11 is 3.36. The van der Waals surface area contributed by atoms with Gasteiger partial charge in [-0.25, -0.2) is 8.78 Å². The predicted molar refractivity (Wildman–Crippen MR) is 134 cm³/mol. The number of rotatable bonds is 4. The van der Waals surface area contributed by atoms with E-state index in [9.17, 15) is 8.78 Å². The van der Waals surface area contributed by atoms with E-state index in [1.165, 1.54) is 29.8 Å². The number of hydrogen-bond donors (Lipinski definition) is 1. The van der Waals surface area contributed by atoms with Crippen molar-refractivity contribution in [2.75, 3.05) is 0 Å². The van der Waals surface area contributed by atoms with E-state index in [2.05, 4.69) is 28.1 Å². The molecule has 1 N–H and O–H groups in total. The summed E-state index contributed by atoms with van der Waals surface area (Å²) in [6.07, 6.45) is 0. The highest BCUT2D eigenvalue weighted by atomic mass is 79.9. The first-order valence-corrected chi connectivity index (χ1v) is 11.5. The third-order valence-electron chi connectivity index (χ3n) is 4.29. The highest BCUT2D eigenvalue weighted by Gasteiger charge is 1.99. The second-order valence-corrected chi connectivity index (χ2v) is 7.91. The summed E-state index contributed by atoms with van der Waals surface area (Å²) < 4.78 is 30.9. The Labute approximate surface area is 202 Å². The van der Waals surface area contributed by atoms with Crippen LogP contribution in [-0.2, 0) is 11.9 Å². The Kier molecular flexibility index (Phi) is 11.1. The number of aryl methyl sites for hydroxylation is 2. The third-order valence-corrected chi connectivity index (χ3v) is 4.94. The van der Waals surface area contributed by atoms with Crippen molar-refractivity contribution in [1.82, 2.24) is 0 Å². The van der Waals surface area contributed by atoms with Gasteiger partial charge < -0.3 is 9.84 Å². The maximum atomic E-state index is 13.1. The van der Waals surface area contributed by atoms with Crippen molar-refractivity contribution in [2.24, 2.45) is 0 Å². The molecule has 33 heavy (non-hydrogen) atoms. The average Bonchev–Trinajstić information content (AvgIpc) is 2.78. The fourth-order valence-electron chi connectivity index (χ4n) is 2.81. The second kappa shape index (κ2) is 14.1. The van der Waals surface area contributed by atoms with Gasteiger partial charge in [-0.15, -0.1) is 0 Å². The van der Waals surface area contributed by atoms with Crippen molar-refractivity contribution in [1.29, 1.82) is 0 Å². The number of ether oxygens (including phenoxy) is 1. The van der Waals surface area contributed by atoms with Crippen LogP contribution >= 0.6 is 15.9 Å². The Balaban J connectivity index is 0.000000192. The summed E-state index contributed by atoms with van der Waals surface area (Å²) in [5.41, 5.74) is 3.99. The van der Waals surface area contributed by atoms with Crippen LogP contribution in [0.25, 0.3) is 0 Å². The van der Waals surface area contributed by atoms with Crippen LogP contribution in [0, 0.1) is 25.5 Å². The molecule has 0 radical (unpaired) electrons. The van der Waals surface area contributed by atoms with Crippen LogP contribution in [0.1, 0.15) is 22.3 Å². The minimum Gasteiger partial charge on any atom is -0.508 e. The molecule has 172 valence electrons. The Hall–Kier alpha value is -3.18. The monoisotopic (exact) mass is 512 g/mol. The summed E-state index contributed by atoms with van der Waals surface area (Å²) in [4.78, 5) is 0. The van der Waals surface area contributed by atoms with Gasteiger partial charge in [0.05, 0.1) is 0 Å². The van der Waals surface area contributed by atoms with E-state index in [0.717, 1.165) is 28.1 Å². The molecule has 0 amide bonds. The fraction of sp³-hybridized carbons (Fsp3) is 0.143. The second-order valence-electron chi connectivity index (χ2n) is 7.34. The number of phenolic OH excluding ortho intramolecular Hbond substituents is 1. The van der Waals surface area contributed by atoms with Gasteiger partial charge in [0, 0.05) is 17.5 Å². The molecule has 0 unspecified atom stereocenters. The standard InChI is InChI=1S/C14H13FO.C7H7Br.C7H7FO/c1-11-7-13(15)9-14(8-11)16-10-12-5-3-2-4-6-12;8-6-7-4-2-1-3-5-7;1-5-2-6(8)4-7(9)3-5/h2-9H,10H2,1H3;1-5H,6H2;2-4,9H,1H3. The molecule has 0 fully saturated rings. The molecule has 2 nitrogen and oxygen atoms in total. The molecule has 0 aliphatic heterocycles. The van der Waals surface area contributed by atoms with Crippen LogP contribution in [0.3, 0.4) is 0 Å². The molecule has 0 aliphatic carbocycles. The van der Waals surface area contributed by atoms with E-state index < -0.39 is 5.82 Å². The minimum absolute atomic E-state index is 0.0208. The summed E-state index contributed by atoms with van der Waals surface area (Å²) in [6, 6.07) is 28.7. The lowest BCUT2D eigenvalue weighted by molar-refractivity contribution is 0.304. The molecular formula is C28H27BrF2O2. The fourth-order valence-corrected chi connectivity index (χ4v) is 3.18. The highest BCUT2D eigenvalue weighted by Crippen LogP contribution is 2.17. The maximum absolute atomic E-state index is 13.1. The van der Waals surface area contributed by atoms with Gasteiger partial charge in [0.25, 0.3) is 0 Å². The van der Waals surface area contributed by atoms with Crippen molar-refractivity contribution >= 4 is 15.9 Å². The van der Waals surface area contributed by atoms with Crippen LogP contribution in [0.5, 0.6) is 11.5 Å². The summed E-state index contributed by atoms with van der Waals surface area (Å²) in [5.74, 6) is -0.107. The van der Waals surface area contributed by atoms with Crippen LogP contribution in [0.2, 0.25) is 0 Å². The van der Waals surface area contributed by atoms with Gasteiger partial charge in [0.2, 0.25) is 0 Å². The van der Waals surface area contributed by atoms with E-state index in [1.54, 1.807) is 6.92 Å². The SMILES string of the molecule is BrCc1ccccc1.Cc1cc(F)cc(OCc2ccccc2)c1.Cc1cc(O)cc(F)c1. The Morgan fingerprint density at radius 3 is 1.67 bits per heavy atom. The van der Waals surface area contributed by atoms with Gasteiger partial charge in [-0.3, -0.25) is 0 Å². The number of benzene rings is 4. The lowest BCUT2D eigenvalue weighted by Gasteiger charge is -2.07. The molecule has 0 aromatic heterocycles. The van der Waals surface area contributed by atoms with Gasteiger partial charge >= 0.3 is 0 Å². The molecule has 0 saturated heterocycles. The molecule has 0 atom stereocenters. The molecule has 5 heteroatoms. The molecule has 4 rings (SSSR count). The highest BCUT2D eigenvalue weighted by molar-refractivity contribution is 9.08. The number of aromatic hydroxyl groups is 1. The zero-order valence-corrected chi connectivity index (χ0v) is 20.2. The normalized spacial score (nSPS) is 9.73. The van der Waals surface area contributed by atoms with Crippen molar-refractivity contribution in [3.63, 3.8) is 0 Å². The summed E-state index contributed by atoms with van der Waals surface area (Å²) in [6.45, 7) is 4.03. The van der Waals surface area contributed by atoms with Gasteiger partial charge in [0.1, 0.15) is 29.7 Å². The first-order valence-electron chi connectivity index (χ1n) is 10.4. The topological polar surface area (TPSA) is 29.5 Å². The third kappa shape index (κ3) is 10.8. The molecule has 0 spiro atoms. The maximum Gasteiger partial charge on any atom is 0.127 e. The summed E-state index contributed by atoms with van der Waals surface area (Å²) in [7, 11) is 0.